The minimum atomic E-state index is 0.446. The van der Waals surface area contributed by atoms with Crippen LogP contribution in [0.3, 0.4) is 0 Å². The summed E-state index contributed by atoms with van der Waals surface area (Å²) in [5.74, 6) is 1.40. The second kappa shape index (κ2) is 8.00. The maximum absolute atomic E-state index is 5.97. The molecule has 0 saturated heterocycles. The van der Waals surface area contributed by atoms with E-state index < -0.39 is 0 Å². The Hall–Kier alpha value is -2.57. The lowest BCUT2D eigenvalue weighted by Gasteiger charge is -2.12. The van der Waals surface area contributed by atoms with Gasteiger partial charge in [-0.2, -0.15) is 0 Å². The molecule has 3 rings (SSSR count). The van der Waals surface area contributed by atoms with Crippen LogP contribution in [0.5, 0.6) is 0 Å². The number of aromatic nitrogens is 4. The summed E-state index contributed by atoms with van der Waals surface area (Å²) in [6.07, 6.45) is 6.98. The van der Waals surface area contributed by atoms with Gasteiger partial charge in [0.25, 0.3) is 0 Å². The molecule has 0 aliphatic heterocycles. The van der Waals surface area contributed by atoms with E-state index in [4.69, 9.17) is 16.3 Å². The van der Waals surface area contributed by atoms with Gasteiger partial charge in [0.15, 0.2) is 0 Å². The van der Waals surface area contributed by atoms with Gasteiger partial charge in [0.2, 0.25) is 0 Å². The third-order valence-electron chi connectivity index (χ3n) is 3.51. The number of aryl methyl sites for hydroxylation is 1. The van der Waals surface area contributed by atoms with Crippen LogP contribution in [-0.4, -0.2) is 26.5 Å². The average Bonchev–Trinajstić information content (AvgIpc) is 2.61. The number of nitrogens with one attached hydrogen (secondary N) is 1. The Morgan fingerprint density at radius 1 is 1.12 bits per heavy atom. The van der Waals surface area contributed by atoms with Gasteiger partial charge >= 0.3 is 0 Å². The highest BCUT2D eigenvalue weighted by molar-refractivity contribution is 6.29. The fourth-order valence-electron chi connectivity index (χ4n) is 2.31. The molecule has 0 amide bonds. The molecule has 3 aromatic heterocycles. The molecule has 1 N–H and O–H groups in total. The second-order valence-electron chi connectivity index (χ2n) is 5.38. The van der Waals surface area contributed by atoms with Crippen molar-refractivity contribution < 1.29 is 4.74 Å². The molecule has 25 heavy (non-hydrogen) atoms. The molecule has 0 aliphatic rings. The minimum Gasteiger partial charge on any atom is -0.377 e. The minimum absolute atomic E-state index is 0.446. The van der Waals surface area contributed by atoms with Crippen molar-refractivity contribution in [1.29, 1.82) is 0 Å². The quantitative estimate of drug-likeness (QED) is 0.669. The smallest absolute Gasteiger partial charge is 0.139 e. The molecule has 0 aliphatic carbocycles. The summed E-state index contributed by atoms with van der Waals surface area (Å²) >= 11 is 5.97. The first-order chi connectivity index (χ1) is 12.2. The molecule has 0 atom stereocenters. The van der Waals surface area contributed by atoms with Crippen LogP contribution in [-0.2, 0) is 11.3 Å². The van der Waals surface area contributed by atoms with Crippen LogP contribution in [0.15, 0.2) is 43.0 Å². The molecule has 3 aromatic rings. The standard InChI is InChI=1S/C18H18ClN5O/c1-3-25-11-15-9-22-12(2)23-18(15)24-16-6-14(8-20-10-16)13-4-5-21-17(19)7-13/h4-10H,3,11H2,1-2H3,(H,22,23,24). The molecule has 0 aromatic carbocycles. The van der Waals surface area contributed by atoms with E-state index in [9.17, 15) is 0 Å². The second-order valence-corrected chi connectivity index (χ2v) is 5.77. The van der Waals surface area contributed by atoms with E-state index in [-0.39, 0.29) is 0 Å². The van der Waals surface area contributed by atoms with Crippen LogP contribution in [0.1, 0.15) is 18.3 Å². The van der Waals surface area contributed by atoms with E-state index in [1.54, 1.807) is 30.9 Å². The fraction of sp³-hybridized carbons (Fsp3) is 0.222. The lowest BCUT2D eigenvalue weighted by atomic mass is 10.1. The SMILES string of the molecule is CCOCc1cnc(C)nc1Nc1cncc(-c2ccnc(Cl)c2)c1. The van der Waals surface area contributed by atoms with E-state index in [0.29, 0.717) is 30.0 Å². The predicted molar refractivity (Wildman–Crippen MR) is 97.9 cm³/mol. The zero-order valence-electron chi connectivity index (χ0n) is 14.0. The highest BCUT2D eigenvalue weighted by atomic mass is 35.5. The molecule has 0 bridgehead atoms. The van der Waals surface area contributed by atoms with Gasteiger partial charge in [-0.15, -0.1) is 0 Å². The van der Waals surface area contributed by atoms with E-state index >= 15 is 0 Å². The Bertz CT molecular complexity index is 872. The highest BCUT2D eigenvalue weighted by Gasteiger charge is 2.08. The first-order valence-corrected chi connectivity index (χ1v) is 8.27. The molecule has 3 heterocycles. The predicted octanol–water partition coefficient (Wildman–Crippen LogP) is 4.18. The normalized spacial score (nSPS) is 10.7. The number of rotatable bonds is 6. The first kappa shape index (κ1) is 17.3. The Labute approximate surface area is 151 Å². The third-order valence-corrected chi connectivity index (χ3v) is 3.71. The molecule has 0 radical (unpaired) electrons. The molecule has 6 nitrogen and oxygen atoms in total. The molecule has 128 valence electrons. The molecule has 0 spiro atoms. The first-order valence-electron chi connectivity index (χ1n) is 7.90. The van der Waals surface area contributed by atoms with Crippen molar-refractivity contribution in [3.8, 4) is 11.1 Å². The summed E-state index contributed by atoms with van der Waals surface area (Å²) in [4.78, 5) is 17.0. The van der Waals surface area contributed by atoms with Gasteiger partial charge in [-0.3, -0.25) is 4.98 Å². The molecule has 7 heteroatoms. The van der Waals surface area contributed by atoms with Gasteiger partial charge in [-0.25, -0.2) is 15.0 Å². The van der Waals surface area contributed by atoms with Crippen molar-refractivity contribution >= 4 is 23.1 Å². The Morgan fingerprint density at radius 3 is 2.80 bits per heavy atom. The van der Waals surface area contributed by atoms with Crippen molar-refractivity contribution in [3.05, 3.63) is 59.5 Å². The highest BCUT2D eigenvalue weighted by Crippen LogP contribution is 2.25. The maximum Gasteiger partial charge on any atom is 0.139 e. The van der Waals surface area contributed by atoms with Gasteiger partial charge in [0, 0.05) is 36.3 Å². The Kier molecular flexibility index (Phi) is 5.53. The average molecular weight is 356 g/mol. The summed E-state index contributed by atoms with van der Waals surface area (Å²) < 4.78 is 5.49. The molecular weight excluding hydrogens is 338 g/mol. The van der Waals surface area contributed by atoms with Crippen molar-refractivity contribution in [3.63, 3.8) is 0 Å². The topological polar surface area (TPSA) is 72.8 Å². The summed E-state index contributed by atoms with van der Waals surface area (Å²) in [7, 11) is 0. The Balaban J connectivity index is 1.89. The summed E-state index contributed by atoms with van der Waals surface area (Å²) in [6, 6.07) is 5.68. The molecular formula is C18H18ClN5O. The van der Waals surface area contributed by atoms with Crippen LogP contribution in [0.25, 0.3) is 11.1 Å². The third kappa shape index (κ3) is 4.49. The molecule has 0 saturated carbocycles. The largest absolute Gasteiger partial charge is 0.377 e. The van der Waals surface area contributed by atoms with Gasteiger partial charge in [-0.05, 0) is 37.6 Å². The van der Waals surface area contributed by atoms with Crippen molar-refractivity contribution in [1.82, 2.24) is 19.9 Å². The lowest BCUT2D eigenvalue weighted by Crippen LogP contribution is -2.04. The van der Waals surface area contributed by atoms with E-state index in [0.717, 1.165) is 22.4 Å². The van der Waals surface area contributed by atoms with Crippen molar-refractivity contribution in [2.75, 3.05) is 11.9 Å². The van der Waals surface area contributed by atoms with E-state index in [1.807, 2.05) is 26.0 Å². The summed E-state index contributed by atoms with van der Waals surface area (Å²) in [5, 5.41) is 3.75. The number of halogens is 1. The van der Waals surface area contributed by atoms with Crippen LogP contribution in [0, 0.1) is 6.92 Å². The number of hydrogen-bond acceptors (Lipinski definition) is 6. The monoisotopic (exact) mass is 355 g/mol. The van der Waals surface area contributed by atoms with Crippen LogP contribution in [0.4, 0.5) is 11.5 Å². The van der Waals surface area contributed by atoms with Gasteiger partial charge in [0.05, 0.1) is 18.5 Å². The molecule has 0 unspecified atom stereocenters. The van der Waals surface area contributed by atoms with Gasteiger partial charge < -0.3 is 10.1 Å². The zero-order valence-corrected chi connectivity index (χ0v) is 14.8. The van der Waals surface area contributed by atoms with Crippen LogP contribution >= 0.6 is 11.6 Å². The fourth-order valence-corrected chi connectivity index (χ4v) is 2.48. The maximum atomic E-state index is 5.97. The van der Waals surface area contributed by atoms with Crippen molar-refractivity contribution in [2.45, 2.75) is 20.5 Å². The van der Waals surface area contributed by atoms with Gasteiger partial charge in [-0.1, -0.05) is 11.6 Å². The number of hydrogen-bond donors (Lipinski definition) is 1. The van der Waals surface area contributed by atoms with Gasteiger partial charge in [0.1, 0.15) is 16.8 Å². The van der Waals surface area contributed by atoms with Crippen LogP contribution < -0.4 is 5.32 Å². The number of pyridine rings is 2. The molecule has 0 fully saturated rings. The zero-order chi connectivity index (χ0) is 17.6. The Morgan fingerprint density at radius 2 is 2.00 bits per heavy atom. The summed E-state index contributed by atoms with van der Waals surface area (Å²) in [6.45, 7) is 4.89. The summed E-state index contributed by atoms with van der Waals surface area (Å²) in [5.41, 5.74) is 3.60. The number of ether oxygens (including phenoxy) is 1. The number of nitrogens with zero attached hydrogens (tertiary/aromatic N) is 4. The lowest BCUT2D eigenvalue weighted by molar-refractivity contribution is 0.134. The van der Waals surface area contributed by atoms with E-state index in [2.05, 4.69) is 25.3 Å². The van der Waals surface area contributed by atoms with Crippen molar-refractivity contribution in [2.24, 2.45) is 0 Å². The number of anilines is 2. The van der Waals surface area contributed by atoms with E-state index in [1.165, 1.54) is 0 Å². The van der Waals surface area contributed by atoms with Crippen LogP contribution in [0.2, 0.25) is 5.15 Å².